The van der Waals surface area contributed by atoms with E-state index in [-0.39, 0.29) is 0 Å². The molecule has 19 heavy (non-hydrogen) atoms. The van der Waals surface area contributed by atoms with E-state index in [0.29, 0.717) is 18.2 Å². The highest BCUT2D eigenvalue weighted by Crippen LogP contribution is 2.21. The van der Waals surface area contributed by atoms with Gasteiger partial charge in [0.1, 0.15) is 0 Å². The van der Waals surface area contributed by atoms with Crippen LogP contribution in [-0.2, 0) is 9.47 Å². The quantitative estimate of drug-likeness (QED) is 0.795. The van der Waals surface area contributed by atoms with Crippen molar-refractivity contribution in [2.45, 2.75) is 57.7 Å². The number of ether oxygens (including phenoxy) is 2. The molecule has 0 amide bonds. The molecular weight excluding hydrogens is 240 g/mol. The Bertz CT molecular complexity index is 242. The van der Waals surface area contributed by atoms with Crippen LogP contribution in [-0.4, -0.2) is 62.5 Å². The molecule has 4 heteroatoms. The molecule has 0 aromatic rings. The number of nitrogens with one attached hydrogen (secondary N) is 1. The van der Waals surface area contributed by atoms with E-state index >= 15 is 0 Å². The molecule has 1 N–H and O–H groups in total. The van der Waals surface area contributed by atoms with Crippen molar-refractivity contribution in [3.63, 3.8) is 0 Å². The molecule has 2 heterocycles. The summed E-state index contributed by atoms with van der Waals surface area (Å²) in [4.78, 5) is 2.61. The van der Waals surface area contributed by atoms with Gasteiger partial charge >= 0.3 is 0 Å². The number of hydrogen-bond acceptors (Lipinski definition) is 4. The van der Waals surface area contributed by atoms with E-state index in [9.17, 15) is 0 Å². The summed E-state index contributed by atoms with van der Waals surface area (Å²) in [5, 5.41) is 3.70. The third-order valence-corrected chi connectivity index (χ3v) is 4.33. The summed E-state index contributed by atoms with van der Waals surface area (Å²) in [5.41, 5.74) is 0. The minimum atomic E-state index is 0.479. The predicted octanol–water partition coefficient (Wildman–Crippen LogP) is 1.64. The van der Waals surface area contributed by atoms with Gasteiger partial charge < -0.3 is 14.8 Å². The number of piperidine rings is 1. The summed E-state index contributed by atoms with van der Waals surface area (Å²) in [7, 11) is 0. The predicted molar refractivity (Wildman–Crippen MR) is 77.5 cm³/mol. The Kier molecular flexibility index (Phi) is 6.57. The molecule has 2 aliphatic heterocycles. The van der Waals surface area contributed by atoms with Gasteiger partial charge in [-0.05, 0) is 39.2 Å². The summed E-state index contributed by atoms with van der Waals surface area (Å²) in [5.74, 6) is 0. The van der Waals surface area contributed by atoms with Crippen LogP contribution in [0.3, 0.4) is 0 Å². The summed E-state index contributed by atoms with van der Waals surface area (Å²) < 4.78 is 11.4. The lowest BCUT2D eigenvalue weighted by atomic mass is 9.98. The minimum Gasteiger partial charge on any atom is -0.380 e. The monoisotopic (exact) mass is 270 g/mol. The SMILES string of the molecule is CCCNC1CCOCC1N1CCC(OCC)CC1. The number of likely N-dealkylation sites (tertiary alicyclic amines) is 1. The third kappa shape index (κ3) is 4.42. The Labute approximate surface area is 117 Å². The topological polar surface area (TPSA) is 33.7 Å². The molecule has 0 spiro atoms. The average Bonchev–Trinajstić information content (AvgIpc) is 2.47. The molecule has 0 saturated carbocycles. The lowest BCUT2D eigenvalue weighted by Crippen LogP contribution is -2.57. The summed E-state index contributed by atoms with van der Waals surface area (Å²) in [6.45, 7) is 10.4. The van der Waals surface area contributed by atoms with E-state index in [4.69, 9.17) is 9.47 Å². The van der Waals surface area contributed by atoms with Crippen molar-refractivity contribution in [2.75, 3.05) is 39.5 Å². The zero-order valence-corrected chi connectivity index (χ0v) is 12.6. The zero-order valence-electron chi connectivity index (χ0n) is 12.6. The molecule has 2 aliphatic rings. The van der Waals surface area contributed by atoms with Crippen molar-refractivity contribution < 1.29 is 9.47 Å². The lowest BCUT2D eigenvalue weighted by Gasteiger charge is -2.43. The standard InChI is InChI=1S/C15H30N2O2/c1-3-8-16-14-7-11-18-12-15(14)17-9-5-13(6-10-17)19-4-2/h13-16H,3-12H2,1-2H3. The van der Waals surface area contributed by atoms with Crippen LogP contribution in [0.2, 0.25) is 0 Å². The Morgan fingerprint density at radius 2 is 2.00 bits per heavy atom. The van der Waals surface area contributed by atoms with Gasteiger partial charge in [-0.25, -0.2) is 0 Å². The summed E-state index contributed by atoms with van der Waals surface area (Å²) in [6.07, 6.45) is 5.18. The molecule has 0 aromatic carbocycles. The molecule has 2 unspecified atom stereocenters. The second-order valence-electron chi connectivity index (χ2n) is 5.68. The van der Waals surface area contributed by atoms with Crippen molar-refractivity contribution in [3.8, 4) is 0 Å². The van der Waals surface area contributed by atoms with Gasteiger partial charge in [-0.3, -0.25) is 4.90 Å². The van der Waals surface area contributed by atoms with Crippen molar-refractivity contribution in [1.82, 2.24) is 10.2 Å². The van der Waals surface area contributed by atoms with Crippen LogP contribution < -0.4 is 5.32 Å². The molecule has 4 nitrogen and oxygen atoms in total. The highest BCUT2D eigenvalue weighted by molar-refractivity contribution is 4.89. The molecule has 0 radical (unpaired) electrons. The molecule has 112 valence electrons. The molecule has 2 saturated heterocycles. The Hall–Kier alpha value is -0.160. The maximum atomic E-state index is 5.74. The molecule has 2 atom stereocenters. The smallest absolute Gasteiger partial charge is 0.0637 e. The van der Waals surface area contributed by atoms with Crippen LogP contribution in [0.5, 0.6) is 0 Å². The third-order valence-electron chi connectivity index (χ3n) is 4.33. The van der Waals surface area contributed by atoms with Gasteiger partial charge in [-0.15, -0.1) is 0 Å². The van der Waals surface area contributed by atoms with Gasteiger partial charge in [-0.2, -0.15) is 0 Å². The first-order chi connectivity index (χ1) is 9.35. The van der Waals surface area contributed by atoms with Crippen molar-refractivity contribution in [1.29, 1.82) is 0 Å². The first-order valence-electron chi connectivity index (χ1n) is 8.02. The molecule has 0 aromatic heterocycles. The van der Waals surface area contributed by atoms with E-state index in [1.165, 1.54) is 19.3 Å². The van der Waals surface area contributed by atoms with Crippen LogP contribution >= 0.6 is 0 Å². The maximum Gasteiger partial charge on any atom is 0.0637 e. The highest BCUT2D eigenvalue weighted by atomic mass is 16.5. The van der Waals surface area contributed by atoms with Gasteiger partial charge in [0.25, 0.3) is 0 Å². The Morgan fingerprint density at radius 3 is 2.68 bits per heavy atom. The van der Waals surface area contributed by atoms with Gasteiger partial charge in [-0.1, -0.05) is 6.92 Å². The van der Waals surface area contributed by atoms with Gasteiger partial charge in [0.2, 0.25) is 0 Å². The van der Waals surface area contributed by atoms with Crippen molar-refractivity contribution >= 4 is 0 Å². The number of hydrogen-bond donors (Lipinski definition) is 1. The molecule has 2 rings (SSSR count). The van der Waals surface area contributed by atoms with Gasteiger partial charge in [0.15, 0.2) is 0 Å². The second-order valence-corrected chi connectivity index (χ2v) is 5.68. The lowest BCUT2D eigenvalue weighted by molar-refractivity contribution is -0.0399. The van der Waals surface area contributed by atoms with Crippen LogP contribution in [0, 0.1) is 0 Å². The first-order valence-corrected chi connectivity index (χ1v) is 8.02. The average molecular weight is 270 g/mol. The fourth-order valence-electron chi connectivity index (χ4n) is 3.26. The molecule has 2 fully saturated rings. The second kappa shape index (κ2) is 8.20. The zero-order chi connectivity index (χ0) is 13.5. The highest BCUT2D eigenvalue weighted by Gasteiger charge is 2.32. The normalized spacial score (nSPS) is 30.6. The Morgan fingerprint density at radius 1 is 1.21 bits per heavy atom. The van der Waals surface area contributed by atoms with Crippen molar-refractivity contribution in [2.24, 2.45) is 0 Å². The summed E-state index contributed by atoms with van der Waals surface area (Å²) >= 11 is 0. The van der Waals surface area contributed by atoms with Crippen LogP contribution in [0.4, 0.5) is 0 Å². The first kappa shape index (κ1) is 15.2. The number of nitrogens with zero attached hydrogens (tertiary/aromatic N) is 1. The van der Waals surface area contributed by atoms with Crippen LogP contribution in [0.15, 0.2) is 0 Å². The van der Waals surface area contributed by atoms with E-state index < -0.39 is 0 Å². The van der Waals surface area contributed by atoms with E-state index in [1.54, 1.807) is 0 Å². The fourth-order valence-corrected chi connectivity index (χ4v) is 3.26. The minimum absolute atomic E-state index is 0.479. The summed E-state index contributed by atoms with van der Waals surface area (Å²) in [6, 6.07) is 1.17. The van der Waals surface area contributed by atoms with E-state index in [2.05, 4.69) is 24.1 Å². The largest absolute Gasteiger partial charge is 0.380 e. The van der Waals surface area contributed by atoms with E-state index in [0.717, 1.165) is 45.9 Å². The van der Waals surface area contributed by atoms with Gasteiger partial charge in [0.05, 0.1) is 12.7 Å². The van der Waals surface area contributed by atoms with Gasteiger partial charge in [0, 0.05) is 38.4 Å². The Balaban J connectivity index is 1.81. The number of rotatable bonds is 6. The molecule has 0 aliphatic carbocycles. The molecule has 0 bridgehead atoms. The fraction of sp³-hybridized carbons (Fsp3) is 1.00. The van der Waals surface area contributed by atoms with Crippen molar-refractivity contribution in [3.05, 3.63) is 0 Å². The molecular formula is C15H30N2O2. The van der Waals surface area contributed by atoms with Crippen LogP contribution in [0.1, 0.15) is 39.5 Å². The maximum absolute atomic E-state index is 5.74. The van der Waals surface area contributed by atoms with Crippen LogP contribution in [0.25, 0.3) is 0 Å². The van der Waals surface area contributed by atoms with E-state index in [1.807, 2.05) is 0 Å².